The van der Waals surface area contributed by atoms with Gasteiger partial charge in [0.2, 0.25) is 5.91 Å². The third-order valence-electron chi connectivity index (χ3n) is 4.34. The summed E-state index contributed by atoms with van der Waals surface area (Å²) in [6.45, 7) is 3.70. The van der Waals surface area contributed by atoms with E-state index in [9.17, 15) is 14.7 Å². The van der Waals surface area contributed by atoms with Gasteiger partial charge in [0.1, 0.15) is 11.5 Å². The zero-order chi connectivity index (χ0) is 19.1. The second kappa shape index (κ2) is 9.03. The molecule has 7 heteroatoms. The number of carboxylic acids is 1. The minimum absolute atomic E-state index is 0.0633. The number of carbonyl (C=O) groups excluding carboxylic acids is 1. The number of ether oxygens (including phenoxy) is 1. The number of methoxy groups -OCH3 is 1. The van der Waals surface area contributed by atoms with Gasteiger partial charge in [-0.3, -0.25) is 9.59 Å². The van der Waals surface area contributed by atoms with Crippen LogP contribution in [0.15, 0.2) is 28.8 Å². The Balaban J connectivity index is 1.89. The van der Waals surface area contributed by atoms with Gasteiger partial charge in [-0.15, -0.1) is 0 Å². The van der Waals surface area contributed by atoms with Gasteiger partial charge in [-0.1, -0.05) is 23.4 Å². The maximum absolute atomic E-state index is 12.1. The Morgan fingerprint density at radius 3 is 2.65 bits per heavy atom. The van der Waals surface area contributed by atoms with E-state index in [1.165, 1.54) is 0 Å². The fourth-order valence-electron chi connectivity index (χ4n) is 2.81. The van der Waals surface area contributed by atoms with Gasteiger partial charge >= 0.3 is 5.97 Å². The van der Waals surface area contributed by atoms with Gasteiger partial charge in [0, 0.05) is 18.5 Å². The Morgan fingerprint density at radius 1 is 1.31 bits per heavy atom. The van der Waals surface area contributed by atoms with Crippen LogP contribution in [0.25, 0.3) is 0 Å². The molecule has 1 unspecified atom stereocenters. The summed E-state index contributed by atoms with van der Waals surface area (Å²) in [5, 5.41) is 16.0. The van der Waals surface area contributed by atoms with Gasteiger partial charge in [-0.2, -0.15) is 0 Å². The van der Waals surface area contributed by atoms with Crippen molar-refractivity contribution >= 4 is 11.9 Å². The summed E-state index contributed by atoms with van der Waals surface area (Å²) in [6.07, 6.45) is 1.05. The number of carboxylic acid groups (broad SMARTS) is 1. The molecule has 0 bridgehead atoms. The number of benzene rings is 1. The Kier molecular flexibility index (Phi) is 6.77. The minimum atomic E-state index is -0.957. The van der Waals surface area contributed by atoms with Crippen LogP contribution in [0.4, 0.5) is 0 Å². The number of amides is 1. The average Bonchev–Trinajstić information content (AvgIpc) is 2.94. The zero-order valence-corrected chi connectivity index (χ0v) is 15.2. The highest BCUT2D eigenvalue weighted by atomic mass is 16.5. The normalized spacial score (nSPS) is 11.8. The van der Waals surface area contributed by atoms with Crippen molar-refractivity contribution in [3.05, 3.63) is 46.8 Å². The molecule has 2 aromatic rings. The van der Waals surface area contributed by atoms with Gasteiger partial charge in [-0.05, 0) is 38.3 Å². The molecule has 0 spiro atoms. The highest BCUT2D eigenvalue weighted by Gasteiger charge is 2.21. The van der Waals surface area contributed by atoms with E-state index < -0.39 is 11.9 Å². The summed E-state index contributed by atoms with van der Waals surface area (Å²) in [6, 6.07) is 7.28. The van der Waals surface area contributed by atoms with Gasteiger partial charge in [0.05, 0.1) is 18.7 Å². The van der Waals surface area contributed by atoms with E-state index >= 15 is 0 Å². The van der Waals surface area contributed by atoms with Crippen molar-refractivity contribution < 1.29 is 24.0 Å². The quantitative estimate of drug-likeness (QED) is 0.711. The molecule has 0 saturated heterocycles. The van der Waals surface area contributed by atoms with Crippen molar-refractivity contribution in [1.29, 1.82) is 0 Å². The third-order valence-corrected chi connectivity index (χ3v) is 4.34. The number of hydrogen-bond donors (Lipinski definition) is 2. The monoisotopic (exact) mass is 360 g/mol. The number of hydrogen-bond acceptors (Lipinski definition) is 5. The van der Waals surface area contributed by atoms with Gasteiger partial charge < -0.3 is 19.7 Å². The van der Waals surface area contributed by atoms with E-state index in [0.29, 0.717) is 17.9 Å². The maximum atomic E-state index is 12.1. The molecule has 1 atom stereocenters. The first-order valence-corrected chi connectivity index (χ1v) is 8.45. The Labute approximate surface area is 152 Å². The summed E-state index contributed by atoms with van der Waals surface area (Å²) in [4.78, 5) is 23.6. The van der Waals surface area contributed by atoms with Crippen molar-refractivity contribution in [2.24, 2.45) is 5.92 Å². The summed E-state index contributed by atoms with van der Waals surface area (Å²) < 4.78 is 10.3. The molecule has 2 rings (SSSR count). The molecule has 2 N–H and O–H groups in total. The van der Waals surface area contributed by atoms with E-state index in [-0.39, 0.29) is 25.3 Å². The molecular weight excluding hydrogens is 336 g/mol. The topological polar surface area (TPSA) is 102 Å². The second-order valence-corrected chi connectivity index (χ2v) is 6.16. The number of nitrogens with zero attached hydrogens (tertiary/aromatic N) is 1. The fraction of sp³-hybridized carbons (Fsp3) is 0.421. The van der Waals surface area contributed by atoms with Crippen molar-refractivity contribution in [3.63, 3.8) is 0 Å². The van der Waals surface area contributed by atoms with E-state index in [1.54, 1.807) is 20.1 Å². The van der Waals surface area contributed by atoms with Crippen LogP contribution in [-0.4, -0.2) is 35.8 Å². The standard InChI is InChI=1S/C19H24N2O5/c1-12-16(13(2)26-21-12)8-9-18(22)20-11-15(19(23)24)10-14-6-4-5-7-17(14)25-3/h4-7,15H,8-11H2,1-3H3,(H,20,22)(H,23,24). The molecule has 0 aliphatic heterocycles. The number of rotatable bonds is 9. The smallest absolute Gasteiger partial charge is 0.308 e. The Morgan fingerprint density at radius 2 is 2.04 bits per heavy atom. The SMILES string of the molecule is COc1ccccc1CC(CNC(=O)CCc1c(C)noc1C)C(=O)O. The molecule has 0 radical (unpaired) electrons. The van der Waals surface area contributed by atoms with Crippen LogP contribution in [-0.2, 0) is 22.4 Å². The third kappa shape index (κ3) is 5.08. The molecule has 7 nitrogen and oxygen atoms in total. The molecular formula is C19H24N2O5. The molecule has 140 valence electrons. The van der Waals surface area contributed by atoms with Crippen LogP contribution in [0.1, 0.15) is 29.0 Å². The van der Waals surface area contributed by atoms with Crippen LogP contribution in [0.2, 0.25) is 0 Å². The molecule has 0 saturated carbocycles. The first-order chi connectivity index (χ1) is 12.4. The summed E-state index contributed by atoms with van der Waals surface area (Å²) in [5.74, 6) is -0.536. The van der Waals surface area contributed by atoms with Crippen molar-refractivity contribution in [3.8, 4) is 5.75 Å². The largest absolute Gasteiger partial charge is 0.496 e. The molecule has 26 heavy (non-hydrogen) atoms. The maximum Gasteiger partial charge on any atom is 0.308 e. The highest BCUT2D eigenvalue weighted by Crippen LogP contribution is 2.21. The van der Waals surface area contributed by atoms with E-state index in [1.807, 2.05) is 25.1 Å². The van der Waals surface area contributed by atoms with Gasteiger partial charge in [-0.25, -0.2) is 0 Å². The van der Waals surface area contributed by atoms with Crippen LogP contribution in [0.5, 0.6) is 5.75 Å². The number of nitrogens with one attached hydrogen (secondary N) is 1. The predicted molar refractivity (Wildman–Crippen MR) is 95.1 cm³/mol. The number of aryl methyl sites for hydroxylation is 2. The van der Waals surface area contributed by atoms with Crippen molar-refractivity contribution in [2.45, 2.75) is 33.1 Å². The molecule has 1 aromatic carbocycles. The fourth-order valence-corrected chi connectivity index (χ4v) is 2.81. The van der Waals surface area contributed by atoms with Crippen LogP contribution >= 0.6 is 0 Å². The summed E-state index contributed by atoms with van der Waals surface area (Å²) in [5.41, 5.74) is 2.49. The molecule has 0 aliphatic carbocycles. The Hall–Kier alpha value is -2.83. The molecule has 0 fully saturated rings. The van der Waals surface area contributed by atoms with Crippen LogP contribution in [0.3, 0.4) is 0 Å². The number of aliphatic carboxylic acids is 1. The average molecular weight is 360 g/mol. The number of para-hydroxylation sites is 1. The van der Waals surface area contributed by atoms with E-state index in [4.69, 9.17) is 9.26 Å². The summed E-state index contributed by atoms with van der Waals surface area (Å²) in [7, 11) is 1.55. The lowest BCUT2D eigenvalue weighted by atomic mass is 9.98. The van der Waals surface area contributed by atoms with Crippen molar-refractivity contribution in [1.82, 2.24) is 10.5 Å². The Bertz CT molecular complexity index is 750. The molecule has 0 aliphatic rings. The van der Waals surface area contributed by atoms with E-state index in [0.717, 1.165) is 16.8 Å². The molecule has 1 amide bonds. The van der Waals surface area contributed by atoms with Gasteiger partial charge in [0.25, 0.3) is 0 Å². The lowest BCUT2D eigenvalue weighted by Gasteiger charge is -2.15. The number of aromatic nitrogens is 1. The van der Waals surface area contributed by atoms with Crippen LogP contribution in [0, 0.1) is 19.8 Å². The lowest BCUT2D eigenvalue weighted by Crippen LogP contribution is -2.34. The first-order valence-electron chi connectivity index (χ1n) is 8.45. The predicted octanol–water partition coefficient (Wildman–Crippen LogP) is 2.29. The second-order valence-electron chi connectivity index (χ2n) is 6.16. The lowest BCUT2D eigenvalue weighted by molar-refractivity contribution is -0.141. The zero-order valence-electron chi connectivity index (χ0n) is 15.2. The minimum Gasteiger partial charge on any atom is -0.496 e. The van der Waals surface area contributed by atoms with Crippen LogP contribution < -0.4 is 10.1 Å². The summed E-state index contributed by atoms with van der Waals surface area (Å²) >= 11 is 0. The molecule has 1 heterocycles. The molecule has 1 aromatic heterocycles. The first kappa shape index (κ1) is 19.5. The van der Waals surface area contributed by atoms with Crippen molar-refractivity contribution in [2.75, 3.05) is 13.7 Å². The highest BCUT2D eigenvalue weighted by molar-refractivity contribution is 5.77. The van der Waals surface area contributed by atoms with E-state index in [2.05, 4.69) is 10.5 Å². The number of carbonyl (C=O) groups is 2. The van der Waals surface area contributed by atoms with Gasteiger partial charge in [0.15, 0.2) is 0 Å².